The van der Waals surface area contributed by atoms with Crippen molar-refractivity contribution in [3.05, 3.63) is 6.07 Å². The highest BCUT2D eigenvalue weighted by molar-refractivity contribution is 7.98. The van der Waals surface area contributed by atoms with E-state index in [1.807, 2.05) is 13.2 Å². The van der Waals surface area contributed by atoms with Gasteiger partial charge in [0.2, 0.25) is 5.88 Å². The lowest BCUT2D eigenvalue weighted by Crippen LogP contribution is -2.04. The van der Waals surface area contributed by atoms with Crippen molar-refractivity contribution in [2.75, 3.05) is 24.7 Å². The average Bonchev–Trinajstić information content (AvgIpc) is 2.29. The molecular formula is C11H15N3OS. The number of nitrogens with zero attached hydrogens (tertiary/aromatic N) is 2. The minimum Gasteiger partial charge on any atom is -0.476 e. The maximum atomic E-state index is 5.43. The topological polar surface area (TPSA) is 47.0 Å². The van der Waals surface area contributed by atoms with Crippen molar-refractivity contribution < 1.29 is 4.74 Å². The van der Waals surface area contributed by atoms with Gasteiger partial charge in [-0.05, 0) is 13.2 Å². The minimum absolute atomic E-state index is 0.479. The van der Waals surface area contributed by atoms with Gasteiger partial charge in [-0.2, -0.15) is 4.98 Å². The van der Waals surface area contributed by atoms with Gasteiger partial charge in [-0.15, -0.1) is 12.3 Å². The fourth-order valence-corrected chi connectivity index (χ4v) is 1.43. The van der Waals surface area contributed by atoms with Gasteiger partial charge in [0.15, 0.2) is 5.16 Å². The van der Waals surface area contributed by atoms with Crippen LogP contribution in [0.5, 0.6) is 5.88 Å². The molecule has 1 N–H and O–H groups in total. The molecule has 0 aliphatic rings. The molecule has 16 heavy (non-hydrogen) atoms. The zero-order valence-corrected chi connectivity index (χ0v) is 10.3. The van der Waals surface area contributed by atoms with Crippen LogP contribution in [-0.2, 0) is 0 Å². The van der Waals surface area contributed by atoms with E-state index in [1.165, 1.54) is 11.8 Å². The highest BCUT2D eigenvalue weighted by Crippen LogP contribution is 2.18. The Bertz CT molecular complexity index is 376. The number of ether oxygens (including phenoxy) is 1. The highest BCUT2D eigenvalue weighted by atomic mass is 32.2. The van der Waals surface area contributed by atoms with Gasteiger partial charge < -0.3 is 10.1 Å². The van der Waals surface area contributed by atoms with Gasteiger partial charge in [0.1, 0.15) is 12.4 Å². The molecule has 0 aliphatic heterocycles. The van der Waals surface area contributed by atoms with Crippen molar-refractivity contribution in [2.45, 2.75) is 18.5 Å². The van der Waals surface area contributed by atoms with Crippen molar-refractivity contribution in [3.8, 4) is 18.2 Å². The summed E-state index contributed by atoms with van der Waals surface area (Å²) in [6.07, 6.45) is 7.65. The first-order valence-electron chi connectivity index (χ1n) is 5.03. The van der Waals surface area contributed by atoms with Crippen LogP contribution >= 0.6 is 11.8 Å². The summed E-state index contributed by atoms with van der Waals surface area (Å²) < 4.78 is 5.43. The average molecular weight is 237 g/mol. The number of nitrogens with one attached hydrogen (secondary N) is 1. The van der Waals surface area contributed by atoms with E-state index < -0.39 is 0 Å². The third kappa shape index (κ3) is 3.99. The molecule has 0 radical (unpaired) electrons. The minimum atomic E-state index is 0.479. The van der Waals surface area contributed by atoms with Crippen LogP contribution in [0.1, 0.15) is 13.3 Å². The summed E-state index contributed by atoms with van der Waals surface area (Å²) in [6.45, 7) is 3.31. The van der Waals surface area contributed by atoms with Crippen LogP contribution in [0.25, 0.3) is 0 Å². The van der Waals surface area contributed by atoms with Crippen LogP contribution in [0.15, 0.2) is 11.2 Å². The Morgan fingerprint density at radius 2 is 2.38 bits per heavy atom. The zero-order chi connectivity index (χ0) is 11.8. The van der Waals surface area contributed by atoms with E-state index in [0.717, 1.165) is 12.4 Å². The second-order valence-corrected chi connectivity index (χ2v) is 3.68. The number of thioether (sulfide) groups is 1. The second-order valence-electron chi connectivity index (χ2n) is 2.91. The quantitative estimate of drug-likeness (QED) is 0.355. The Balaban J connectivity index is 2.74. The van der Waals surface area contributed by atoms with Gasteiger partial charge in [-0.3, -0.25) is 0 Å². The molecule has 5 heteroatoms. The summed E-state index contributed by atoms with van der Waals surface area (Å²) >= 11 is 1.48. The van der Waals surface area contributed by atoms with Crippen molar-refractivity contribution in [3.63, 3.8) is 0 Å². The predicted octanol–water partition coefficient (Wildman–Crippen LogP) is 2.03. The molecule has 0 unspecified atom stereocenters. The second kappa shape index (κ2) is 6.96. The fourth-order valence-electron chi connectivity index (χ4n) is 1.06. The lowest BCUT2D eigenvalue weighted by atomic mass is 10.5. The van der Waals surface area contributed by atoms with E-state index in [2.05, 4.69) is 21.2 Å². The monoisotopic (exact) mass is 237 g/mol. The summed E-state index contributed by atoms with van der Waals surface area (Å²) in [6, 6.07) is 1.78. The first kappa shape index (κ1) is 12.7. The molecule has 1 aromatic rings. The third-order valence-corrected chi connectivity index (χ3v) is 2.27. The molecule has 0 fully saturated rings. The number of hydrogen-bond acceptors (Lipinski definition) is 5. The Morgan fingerprint density at radius 3 is 3.00 bits per heavy atom. The van der Waals surface area contributed by atoms with Crippen LogP contribution in [0, 0.1) is 12.3 Å². The first-order valence-corrected chi connectivity index (χ1v) is 6.25. The van der Waals surface area contributed by atoms with Gasteiger partial charge in [0.25, 0.3) is 0 Å². The zero-order valence-electron chi connectivity index (χ0n) is 9.49. The van der Waals surface area contributed by atoms with Gasteiger partial charge in [0, 0.05) is 19.0 Å². The summed E-state index contributed by atoms with van der Waals surface area (Å²) in [4.78, 5) is 8.52. The third-order valence-electron chi connectivity index (χ3n) is 1.72. The Morgan fingerprint density at radius 1 is 1.56 bits per heavy atom. The Hall–Kier alpha value is -1.41. The molecule has 0 atom stereocenters. The molecule has 0 amide bonds. The van der Waals surface area contributed by atoms with Crippen LogP contribution in [0.2, 0.25) is 0 Å². The lowest BCUT2D eigenvalue weighted by Gasteiger charge is -2.08. The lowest BCUT2D eigenvalue weighted by molar-refractivity contribution is 0.311. The van der Waals surface area contributed by atoms with Crippen molar-refractivity contribution >= 4 is 17.6 Å². The van der Waals surface area contributed by atoms with Crippen molar-refractivity contribution in [1.29, 1.82) is 0 Å². The molecule has 0 aliphatic carbocycles. The van der Waals surface area contributed by atoms with E-state index in [0.29, 0.717) is 24.1 Å². The molecule has 86 valence electrons. The van der Waals surface area contributed by atoms with E-state index in [-0.39, 0.29) is 0 Å². The first-order chi connectivity index (χ1) is 7.80. The molecule has 1 heterocycles. The van der Waals surface area contributed by atoms with Gasteiger partial charge in [-0.25, -0.2) is 4.98 Å². The number of aromatic nitrogens is 2. The molecule has 0 aromatic carbocycles. The Kier molecular flexibility index (Phi) is 5.51. The predicted molar refractivity (Wildman–Crippen MR) is 66.9 cm³/mol. The van der Waals surface area contributed by atoms with E-state index in [4.69, 9.17) is 11.2 Å². The van der Waals surface area contributed by atoms with Gasteiger partial charge in [0.05, 0.1) is 0 Å². The standard InChI is InChI=1S/C11H15N3OS/c1-4-6-7-15-10-8-9(12-5-2)13-11(14-10)16-3/h1,8H,5-7H2,2-3H3,(H,12,13,14). The van der Waals surface area contributed by atoms with E-state index in [1.54, 1.807) is 6.07 Å². The van der Waals surface area contributed by atoms with E-state index in [9.17, 15) is 0 Å². The normalized spacial score (nSPS) is 9.56. The maximum Gasteiger partial charge on any atom is 0.219 e. The summed E-state index contributed by atoms with van der Waals surface area (Å²) in [7, 11) is 0. The van der Waals surface area contributed by atoms with Gasteiger partial charge in [-0.1, -0.05) is 11.8 Å². The number of anilines is 1. The van der Waals surface area contributed by atoms with Gasteiger partial charge >= 0.3 is 0 Å². The maximum absolute atomic E-state index is 5.43. The fraction of sp³-hybridized carbons (Fsp3) is 0.455. The van der Waals surface area contributed by atoms with Crippen LogP contribution in [0.3, 0.4) is 0 Å². The molecule has 1 aromatic heterocycles. The SMILES string of the molecule is C#CCCOc1cc(NCC)nc(SC)n1. The molecular weight excluding hydrogens is 222 g/mol. The van der Waals surface area contributed by atoms with E-state index >= 15 is 0 Å². The van der Waals surface area contributed by atoms with Crippen LogP contribution < -0.4 is 10.1 Å². The summed E-state index contributed by atoms with van der Waals surface area (Å²) in [5.74, 6) is 3.85. The summed E-state index contributed by atoms with van der Waals surface area (Å²) in [5.41, 5.74) is 0. The smallest absolute Gasteiger partial charge is 0.219 e. The highest BCUT2D eigenvalue weighted by Gasteiger charge is 2.03. The van der Waals surface area contributed by atoms with Crippen molar-refractivity contribution in [1.82, 2.24) is 9.97 Å². The number of terminal acetylenes is 1. The van der Waals surface area contributed by atoms with Crippen molar-refractivity contribution in [2.24, 2.45) is 0 Å². The van der Waals surface area contributed by atoms with Crippen LogP contribution in [0.4, 0.5) is 5.82 Å². The summed E-state index contributed by atoms with van der Waals surface area (Å²) in [5, 5.41) is 3.82. The number of rotatable bonds is 6. The molecule has 0 saturated heterocycles. The largest absolute Gasteiger partial charge is 0.476 e. The molecule has 4 nitrogen and oxygen atoms in total. The number of hydrogen-bond donors (Lipinski definition) is 1. The van der Waals surface area contributed by atoms with Crippen LogP contribution in [-0.4, -0.2) is 29.4 Å². The molecule has 0 bridgehead atoms. The Labute approximate surface area is 100 Å². The molecule has 0 spiro atoms. The molecule has 1 rings (SSSR count). The molecule has 0 saturated carbocycles.